The molecule has 1 rings (SSSR count). The lowest BCUT2D eigenvalue weighted by Crippen LogP contribution is -2.34. The van der Waals surface area contributed by atoms with Gasteiger partial charge in [-0.1, -0.05) is 0 Å². The van der Waals surface area contributed by atoms with Crippen LogP contribution in [0.25, 0.3) is 0 Å². The first-order valence-corrected chi connectivity index (χ1v) is 7.24. The SMILES string of the molecule is COc1ccc(NC(=O)CCNC(=O)OC(C)(C)C)c(OC)c1. The Kier molecular flexibility index (Phi) is 6.68. The smallest absolute Gasteiger partial charge is 0.407 e. The maximum Gasteiger partial charge on any atom is 0.407 e. The maximum atomic E-state index is 11.9. The van der Waals surface area contributed by atoms with Crippen LogP contribution < -0.4 is 20.1 Å². The van der Waals surface area contributed by atoms with E-state index < -0.39 is 11.7 Å². The number of carbonyl (C=O) groups excluding carboxylic acids is 2. The van der Waals surface area contributed by atoms with Crippen LogP contribution in [0.5, 0.6) is 11.5 Å². The summed E-state index contributed by atoms with van der Waals surface area (Å²) < 4.78 is 15.4. The highest BCUT2D eigenvalue weighted by Crippen LogP contribution is 2.28. The van der Waals surface area contributed by atoms with Gasteiger partial charge in [-0.3, -0.25) is 4.79 Å². The van der Waals surface area contributed by atoms with Crippen LogP contribution in [0.1, 0.15) is 27.2 Å². The molecule has 0 aliphatic heterocycles. The molecule has 0 spiro atoms. The average molecular weight is 324 g/mol. The number of alkyl carbamates (subject to hydrolysis) is 1. The molecule has 7 nitrogen and oxygen atoms in total. The van der Waals surface area contributed by atoms with Crippen molar-refractivity contribution in [3.05, 3.63) is 18.2 Å². The van der Waals surface area contributed by atoms with Gasteiger partial charge in [-0.2, -0.15) is 0 Å². The second-order valence-electron chi connectivity index (χ2n) is 5.79. The van der Waals surface area contributed by atoms with Crippen LogP contribution in [0, 0.1) is 0 Å². The van der Waals surface area contributed by atoms with E-state index in [1.165, 1.54) is 7.11 Å². The molecule has 0 saturated carbocycles. The molecule has 23 heavy (non-hydrogen) atoms. The normalized spacial score (nSPS) is 10.7. The van der Waals surface area contributed by atoms with Crippen molar-refractivity contribution in [2.24, 2.45) is 0 Å². The molecule has 2 N–H and O–H groups in total. The third kappa shape index (κ3) is 6.90. The van der Waals surface area contributed by atoms with E-state index in [0.29, 0.717) is 17.2 Å². The van der Waals surface area contributed by atoms with Crippen LogP contribution >= 0.6 is 0 Å². The highest BCUT2D eigenvalue weighted by Gasteiger charge is 2.16. The maximum absolute atomic E-state index is 11.9. The predicted molar refractivity (Wildman–Crippen MR) is 87.0 cm³/mol. The molecule has 0 aromatic heterocycles. The van der Waals surface area contributed by atoms with E-state index in [0.717, 1.165) is 0 Å². The molecule has 0 heterocycles. The summed E-state index contributed by atoms with van der Waals surface area (Å²) in [5, 5.41) is 5.25. The quantitative estimate of drug-likeness (QED) is 0.840. The summed E-state index contributed by atoms with van der Waals surface area (Å²) in [7, 11) is 3.06. The summed E-state index contributed by atoms with van der Waals surface area (Å²) in [6.45, 7) is 5.50. The molecule has 1 aromatic rings. The average Bonchev–Trinajstić information content (AvgIpc) is 2.45. The van der Waals surface area contributed by atoms with Crippen molar-refractivity contribution in [1.82, 2.24) is 5.32 Å². The zero-order chi connectivity index (χ0) is 17.5. The minimum atomic E-state index is -0.567. The molecule has 128 valence electrons. The number of methoxy groups -OCH3 is 2. The molecular weight excluding hydrogens is 300 g/mol. The van der Waals surface area contributed by atoms with Gasteiger partial charge in [0.25, 0.3) is 0 Å². The zero-order valence-electron chi connectivity index (χ0n) is 14.2. The Morgan fingerprint density at radius 3 is 2.39 bits per heavy atom. The standard InChI is InChI=1S/C16H24N2O5/c1-16(2,3)23-15(20)17-9-8-14(19)18-12-7-6-11(21-4)10-13(12)22-5/h6-7,10H,8-9H2,1-5H3,(H,17,20)(H,18,19). The van der Waals surface area contributed by atoms with Crippen molar-refractivity contribution in [3.8, 4) is 11.5 Å². The van der Waals surface area contributed by atoms with Gasteiger partial charge in [0.1, 0.15) is 17.1 Å². The van der Waals surface area contributed by atoms with Gasteiger partial charge < -0.3 is 24.8 Å². The van der Waals surface area contributed by atoms with E-state index in [2.05, 4.69) is 10.6 Å². The fraction of sp³-hybridized carbons (Fsp3) is 0.500. The van der Waals surface area contributed by atoms with Crippen molar-refractivity contribution in [2.45, 2.75) is 32.8 Å². The van der Waals surface area contributed by atoms with Crippen molar-refractivity contribution in [3.63, 3.8) is 0 Å². The van der Waals surface area contributed by atoms with Gasteiger partial charge in [0.2, 0.25) is 5.91 Å². The topological polar surface area (TPSA) is 85.9 Å². The molecule has 0 aliphatic carbocycles. The molecule has 2 amide bonds. The number of benzene rings is 1. The Labute approximate surface area is 136 Å². The number of carbonyl (C=O) groups is 2. The second-order valence-corrected chi connectivity index (χ2v) is 5.79. The second kappa shape index (κ2) is 8.26. The number of anilines is 1. The lowest BCUT2D eigenvalue weighted by Gasteiger charge is -2.19. The lowest BCUT2D eigenvalue weighted by molar-refractivity contribution is -0.116. The Morgan fingerprint density at radius 2 is 1.83 bits per heavy atom. The van der Waals surface area contributed by atoms with E-state index in [1.807, 2.05) is 0 Å². The summed E-state index contributed by atoms with van der Waals surface area (Å²) in [5.41, 5.74) is -0.0291. The van der Waals surface area contributed by atoms with Crippen molar-refractivity contribution in [2.75, 3.05) is 26.1 Å². The van der Waals surface area contributed by atoms with Crippen LogP contribution in [0.15, 0.2) is 18.2 Å². The molecule has 0 fully saturated rings. The third-order valence-electron chi connectivity index (χ3n) is 2.70. The van der Waals surface area contributed by atoms with Crippen LogP contribution in [0.3, 0.4) is 0 Å². The van der Waals surface area contributed by atoms with E-state index in [9.17, 15) is 9.59 Å². The van der Waals surface area contributed by atoms with Crippen molar-refractivity contribution >= 4 is 17.7 Å². The molecule has 0 atom stereocenters. The van der Waals surface area contributed by atoms with Gasteiger partial charge in [-0.25, -0.2) is 4.79 Å². The first-order chi connectivity index (χ1) is 10.7. The number of hydrogen-bond acceptors (Lipinski definition) is 5. The van der Waals surface area contributed by atoms with Crippen molar-refractivity contribution in [1.29, 1.82) is 0 Å². The predicted octanol–water partition coefficient (Wildman–Crippen LogP) is 2.56. The van der Waals surface area contributed by atoms with E-state index >= 15 is 0 Å². The van der Waals surface area contributed by atoms with Crippen LogP contribution in [0.4, 0.5) is 10.5 Å². The van der Waals surface area contributed by atoms with E-state index in [1.54, 1.807) is 46.1 Å². The fourth-order valence-electron chi connectivity index (χ4n) is 1.71. The van der Waals surface area contributed by atoms with Crippen LogP contribution in [-0.2, 0) is 9.53 Å². The van der Waals surface area contributed by atoms with Gasteiger partial charge in [0.15, 0.2) is 0 Å². The minimum Gasteiger partial charge on any atom is -0.497 e. The third-order valence-corrected chi connectivity index (χ3v) is 2.70. The molecule has 0 saturated heterocycles. The van der Waals surface area contributed by atoms with Crippen molar-refractivity contribution < 1.29 is 23.8 Å². The first-order valence-electron chi connectivity index (χ1n) is 7.24. The molecule has 0 unspecified atom stereocenters. The van der Waals surface area contributed by atoms with E-state index in [-0.39, 0.29) is 18.9 Å². The number of ether oxygens (including phenoxy) is 3. The summed E-state index contributed by atoms with van der Waals surface area (Å²) in [6, 6.07) is 5.09. The molecule has 1 aromatic carbocycles. The van der Waals surface area contributed by atoms with Gasteiger partial charge in [0, 0.05) is 19.0 Å². The van der Waals surface area contributed by atoms with E-state index in [4.69, 9.17) is 14.2 Å². The van der Waals surface area contributed by atoms with Gasteiger partial charge >= 0.3 is 6.09 Å². The molecule has 0 radical (unpaired) electrons. The molecule has 0 aliphatic rings. The van der Waals surface area contributed by atoms with Gasteiger partial charge in [-0.15, -0.1) is 0 Å². The van der Waals surface area contributed by atoms with Crippen LogP contribution in [0.2, 0.25) is 0 Å². The molecule has 7 heteroatoms. The van der Waals surface area contributed by atoms with Gasteiger partial charge in [-0.05, 0) is 32.9 Å². The summed E-state index contributed by atoms with van der Waals surface area (Å²) in [5.74, 6) is 0.883. The zero-order valence-corrected chi connectivity index (χ0v) is 14.2. The Bertz CT molecular complexity index is 552. The summed E-state index contributed by atoms with van der Waals surface area (Å²) in [4.78, 5) is 23.4. The summed E-state index contributed by atoms with van der Waals surface area (Å²) in [6.07, 6.45) is -0.429. The number of rotatable bonds is 6. The number of amides is 2. The van der Waals surface area contributed by atoms with Gasteiger partial charge in [0.05, 0.1) is 19.9 Å². The Morgan fingerprint density at radius 1 is 1.13 bits per heavy atom. The number of hydrogen-bond donors (Lipinski definition) is 2. The molecule has 0 bridgehead atoms. The largest absolute Gasteiger partial charge is 0.497 e. The highest BCUT2D eigenvalue weighted by atomic mass is 16.6. The lowest BCUT2D eigenvalue weighted by atomic mass is 10.2. The minimum absolute atomic E-state index is 0.119. The Hall–Kier alpha value is -2.44. The Balaban J connectivity index is 2.47. The monoisotopic (exact) mass is 324 g/mol. The summed E-state index contributed by atoms with van der Waals surface area (Å²) >= 11 is 0. The molecular formula is C16H24N2O5. The number of nitrogens with one attached hydrogen (secondary N) is 2. The highest BCUT2D eigenvalue weighted by molar-refractivity contribution is 5.92. The first kappa shape index (κ1) is 18.6. The van der Waals surface area contributed by atoms with Crippen LogP contribution in [-0.4, -0.2) is 38.4 Å². The fourth-order valence-corrected chi connectivity index (χ4v) is 1.71.